The molecule has 0 radical (unpaired) electrons. The summed E-state index contributed by atoms with van der Waals surface area (Å²) in [5, 5.41) is 9.80. The van der Waals surface area contributed by atoms with Crippen LogP contribution >= 0.6 is 0 Å². The number of rotatable bonds is 6. The van der Waals surface area contributed by atoms with E-state index in [-0.39, 0.29) is 0 Å². The minimum Gasteiger partial charge on any atom is -0.380 e. The van der Waals surface area contributed by atoms with Crippen LogP contribution in [0.15, 0.2) is 6.33 Å². The molecule has 1 rings (SSSR count). The molecule has 5 heteroatoms. The molecule has 0 saturated heterocycles. The second-order valence-electron chi connectivity index (χ2n) is 2.87. The first kappa shape index (κ1) is 10.1. The fourth-order valence-electron chi connectivity index (χ4n) is 0.940. The lowest BCUT2D eigenvalue weighted by molar-refractivity contribution is 0.127. The van der Waals surface area contributed by atoms with Crippen molar-refractivity contribution in [3.63, 3.8) is 0 Å². The highest BCUT2D eigenvalue weighted by Gasteiger charge is 2.01. The minimum absolute atomic E-state index is 0.338. The third-order valence-corrected chi connectivity index (χ3v) is 1.65. The van der Waals surface area contributed by atoms with Gasteiger partial charge in [-0.1, -0.05) is 0 Å². The smallest absolute Gasteiger partial charge is 0.138 e. The Kier molecular flexibility index (Phi) is 4.42. The van der Waals surface area contributed by atoms with Crippen molar-refractivity contribution in [3.05, 3.63) is 12.2 Å². The van der Waals surface area contributed by atoms with Gasteiger partial charge in [-0.3, -0.25) is 5.10 Å². The SMILES string of the molecule is CCOCC(C)NCc1ncn[nH]1. The van der Waals surface area contributed by atoms with E-state index in [1.54, 1.807) is 0 Å². The summed E-state index contributed by atoms with van der Waals surface area (Å²) >= 11 is 0. The summed E-state index contributed by atoms with van der Waals surface area (Å²) in [6.07, 6.45) is 1.50. The van der Waals surface area contributed by atoms with Crippen LogP contribution in [0.3, 0.4) is 0 Å². The van der Waals surface area contributed by atoms with Crippen LogP contribution in [0, 0.1) is 0 Å². The lowest BCUT2D eigenvalue weighted by Gasteiger charge is -2.11. The molecule has 0 amide bonds. The zero-order chi connectivity index (χ0) is 9.52. The lowest BCUT2D eigenvalue weighted by atomic mass is 10.3. The van der Waals surface area contributed by atoms with Gasteiger partial charge in [0, 0.05) is 12.6 Å². The molecule has 0 aliphatic carbocycles. The molecule has 74 valence electrons. The van der Waals surface area contributed by atoms with Gasteiger partial charge in [-0.2, -0.15) is 5.10 Å². The van der Waals surface area contributed by atoms with Crippen LogP contribution in [0.2, 0.25) is 0 Å². The maximum absolute atomic E-state index is 5.26. The Morgan fingerprint density at radius 1 is 1.69 bits per heavy atom. The monoisotopic (exact) mass is 184 g/mol. The summed E-state index contributed by atoms with van der Waals surface area (Å²) in [5.74, 6) is 0.850. The highest BCUT2D eigenvalue weighted by Crippen LogP contribution is 1.88. The standard InChI is InChI=1S/C8H16N4O/c1-3-13-5-7(2)9-4-8-10-6-11-12-8/h6-7,9H,3-5H2,1-2H3,(H,10,11,12). The third-order valence-electron chi connectivity index (χ3n) is 1.65. The summed E-state index contributed by atoms with van der Waals surface area (Å²) in [5.41, 5.74) is 0. The Hall–Kier alpha value is -0.940. The van der Waals surface area contributed by atoms with Gasteiger partial charge < -0.3 is 10.1 Å². The van der Waals surface area contributed by atoms with E-state index in [4.69, 9.17) is 4.74 Å². The van der Waals surface area contributed by atoms with E-state index < -0.39 is 0 Å². The molecule has 0 bridgehead atoms. The van der Waals surface area contributed by atoms with Crippen molar-refractivity contribution in [1.29, 1.82) is 0 Å². The molecule has 1 aromatic rings. The molecule has 0 aliphatic heterocycles. The van der Waals surface area contributed by atoms with Crippen LogP contribution < -0.4 is 5.32 Å². The summed E-state index contributed by atoms with van der Waals surface area (Å²) in [4.78, 5) is 4.00. The van der Waals surface area contributed by atoms with Gasteiger partial charge in [0.25, 0.3) is 0 Å². The van der Waals surface area contributed by atoms with E-state index in [0.29, 0.717) is 12.6 Å². The van der Waals surface area contributed by atoms with Crippen LogP contribution in [0.1, 0.15) is 19.7 Å². The molecule has 1 atom stereocenters. The van der Waals surface area contributed by atoms with Crippen molar-refractivity contribution < 1.29 is 4.74 Å². The molecule has 0 aliphatic rings. The first-order valence-electron chi connectivity index (χ1n) is 4.48. The fourth-order valence-corrected chi connectivity index (χ4v) is 0.940. The maximum Gasteiger partial charge on any atom is 0.138 e. The summed E-state index contributed by atoms with van der Waals surface area (Å²) < 4.78 is 5.26. The van der Waals surface area contributed by atoms with Gasteiger partial charge in [0.1, 0.15) is 12.2 Å². The minimum atomic E-state index is 0.338. The van der Waals surface area contributed by atoms with Crippen molar-refractivity contribution in [3.8, 4) is 0 Å². The first-order chi connectivity index (χ1) is 6.33. The van der Waals surface area contributed by atoms with Gasteiger partial charge in [0.15, 0.2) is 0 Å². The Morgan fingerprint density at radius 3 is 3.15 bits per heavy atom. The summed E-state index contributed by atoms with van der Waals surface area (Å²) in [6.45, 7) is 6.25. The predicted molar refractivity (Wildman–Crippen MR) is 49.2 cm³/mol. The third kappa shape index (κ3) is 4.00. The van der Waals surface area contributed by atoms with Crippen molar-refractivity contribution in [2.75, 3.05) is 13.2 Å². The van der Waals surface area contributed by atoms with Gasteiger partial charge in [0.2, 0.25) is 0 Å². The molecule has 1 unspecified atom stereocenters. The Labute approximate surface area is 77.9 Å². The summed E-state index contributed by atoms with van der Waals surface area (Å²) in [7, 11) is 0. The number of nitrogens with one attached hydrogen (secondary N) is 2. The van der Waals surface area contributed by atoms with E-state index in [2.05, 4.69) is 27.4 Å². The number of aromatic nitrogens is 3. The fraction of sp³-hybridized carbons (Fsp3) is 0.750. The maximum atomic E-state index is 5.26. The molecule has 1 aromatic heterocycles. The van der Waals surface area contributed by atoms with E-state index >= 15 is 0 Å². The largest absolute Gasteiger partial charge is 0.380 e. The van der Waals surface area contributed by atoms with Crippen LogP contribution in [0.5, 0.6) is 0 Å². The molecule has 2 N–H and O–H groups in total. The Balaban J connectivity index is 2.11. The summed E-state index contributed by atoms with van der Waals surface area (Å²) in [6, 6.07) is 0.338. The van der Waals surface area contributed by atoms with Crippen LogP contribution in [0.4, 0.5) is 0 Å². The van der Waals surface area contributed by atoms with E-state index in [1.807, 2.05) is 6.92 Å². The van der Waals surface area contributed by atoms with Gasteiger partial charge in [-0.15, -0.1) is 0 Å². The molecule has 0 spiro atoms. The van der Waals surface area contributed by atoms with Gasteiger partial charge >= 0.3 is 0 Å². The first-order valence-corrected chi connectivity index (χ1v) is 4.48. The number of ether oxygens (including phenoxy) is 1. The van der Waals surface area contributed by atoms with Gasteiger partial charge in [0.05, 0.1) is 13.2 Å². The highest BCUT2D eigenvalue weighted by molar-refractivity contribution is 4.79. The molecule has 0 saturated carbocycles. The molecule has 0 aromatic carbocycles. The van der Waals surface area contributed by atoms with E-state index in [9.17, 15) is 0 Å². The topological polar surface area (TPSA) is 62.8 Å². The van der Waals surface area contributed by atoms with Crippen LogP contribution in [-0.4, -0.2) is 34.4 Å². The molecule has 5 nitrogen and oxygen atoms in total. The number of hydrogen-bond donors (Lipinski definition) is 2. The highest BCUT2D eigenvalue weighted by atomic mass is 16.5. The van der Waals surface area contributed by atoms with Crippen LogP contribution in [0.25, 0.3) is 0 Å². The quantitative estimate of drug-likeness (QED) is 0.668. The zero-order valence-electron chi connectivity index (χ0n) is 8.08. The van der Waals surface area contributed by atoms with Gasteiger partial charge in [-0.05, 0) is 13.8 Å². The lowest BCUT2D eigenvalue weighted by Crippen LogP contribution is -2.30. The molecule has 13 heavy (non-hydrogen) atoms. The Morgan fingerprint density at radius 2 is 2.54 bits per heavy atom. The van der Waals surface area contributed by atoms with Crippen LogP contribution in [-0.2, 0) is 11.3 Å². The average Bonchev–Trinajstić information content (AvgIpc) is 2.64. The predicted octanol–water partition coefficient (Wildman–Crippen LogP) is 0.319. The second-order valence-corrected chi connectivity index (χ2v) is 2.87. The van der Waals surface area contributed by atoms with Crippen molar-refractivity contribution in [2.45, 2.75) is 26.4 Å². The van der Waals surface area contributed by atoms with E-state index in [1.165, 1.54) is 6.33 Å². The van der Waals surface area contributed by atoms with Crippen molar-refractivity contribution in [2.24, 2.45) is 0 Å². The molecular formula is C8H16N4O. The molecule has 1 heterocycles. The van der Waals surface area contributed by atoms with Crippen molar-refractivity contribution in [1.82, 2.24) is 20.5 Å². The average molecular weight is 184 g/mol. The van der Waals surface area contributed by atoms with Gasteiger partial charge in [-0.25, -0.2) is 4.98 Å². The molecular weight excluding hydrogens is 168 g/mol. The zero-order valence-corrected chi connectivity index (χ0v) is 8.08. The number of nitrogens with zero attached hydrogens (tertiary/aromatic N) is 2. The molecule has 0 fully saturated rings. The normalized spacial score (nSPS) is 13.1. The van der Waals surface area contributed by atoms with E-state index in [0.717, 1.165) is 19.0 Å². The number of hydrogen-bond acceptors (Lipinski definition) is 4. The Bertz CT molecular complexity index is 212. The second kappa shape index (κ2) is 5.66. The number of H-pyrrole nitrogens is 1. The van der Waals surface area contributed by atoms with Crippen molar-refractivity contribution >= 4 is 0 Å². The number of aromatic amines is 1.